The average molecular weight is 417 g/mol. The molecular formula is C22H23N7O2. The molecule has 3 atom stereocenters. The van der Waals surface area contributed by atoms with E-state index >= 15 is 0 Å². The van der Waals surface area contributed by atoms with Gasteiger partial charge >= 0.3 is 0 Å². The Kier molecular flexibility index (Phi) is 5.00. The van der Waals surface area contributed by atoms with Gasteiger partial charge in [0.25, 0.3) is 0 Å². The van der Waals surface area contributed by atoms with E-state index in [0.29, 0.717) is 18.7 Å². The highest BCUT2D eigenvalue weighted by Crippen LogP contribution is 2.34. The maximum absolute atomic E-state index is 12.9. The van der Waals surface area contributed by atoms with Gasteiger partial charge in [-0.3, -0.25) is 4.79 Å². The van der Waals surface area contributed by atoms with Crippen LogP contribution in [0.15, 0.2) is 42.9 Å². The first-order chi connectivity index (χ1) is 15.1. The number of carbonyl (C=O) groups excluding carboxylic acids is 1. The number of ether oxygens (including phenoxy) is 1. The van der Waals surface area contributed by atoms with Crippen LogP contribution in [0.2, 0.25) is 0 Å². The van der Waals surface area contributed by atoms with Gasteiger partial charge in [-0.25, -0.2) is 14.5 Å². The summed E-state index contributed by atoms with van der Waals surface area (Å²) in [7, 11) is 0. The number of hydrogen-bond acceptors (Lipinski definition) is 7. The van der Waals surface area contributed by atoms with Crippen molar-refractivity contribution in [2.75, 3.05) is 24.6 Å². The Hall–Kier alpha value is -3.51. The van der Waals surface area contributed by atoms with E-state index in [1.807, 2.05) is 36.1 Å². The lowest BCUT2D eigenvalue weighted by molar-refractivity contribution is -0.139. The van der Waals surface area contributed by atoms with Gasteiger partial charge < -0.3 is 14.5 Å². The van der Waals surface area contributed by atoms with Gasteiger partial charge in [-0.2, -0.15) is 10.4 Å². The molecule has 2 fully saturated rings. The summed E-state index contributed by atoms with van der Waals surface area (Å²) in [5.41, 5.74) is 2.17. The van der Waals surface area contributed by atoms with Crippen LogP contribution in [-0.4, -0.2) is 62.2 Å². The van der Waals surface area contributed by atoms with E-state index in [2.05, 4.69) is 26.0 Å². The van der Waals surface area contributed by atoms with Gasteiger partial charge in [0.15, 0.2) is 5.65 Å². The number of piperazine rings is 1. The number of nitrogens with zero attached hydrogens (tertiary/aromatic N) is 7. The molecule has 3 unspecified atom stereocenters. The molecule has 2 bridgehead atoms. The zero-order valence-corrected chi connectivity index (χ0v) is 17.3. The number of anilines is 1. The predicted octanol–water partition coefficient (Wildman–Crippen LogP) is 1.95. The molecule has 5 rings (SSSR count). The van der Waals surface area contributed by atoms with Crippen molar-refractivity contribution in [3.63, 3.8) is 0 Å². The molecule has 0 radical (unpaired) electrons. The van der Waals surface area contributed by atoms with Crippen LogP contribution in [0.25, 0.3) is 5.65 Å². The van der Waals surface area contributed by atoms with Crippen LogP contribution in [0.3, 0.4) is 0 Å². The Morgan fingerprint density at radius 3 is 2.74 bits per heavy atom. The van der Waals surface area contributed by atoms with Crippen molar-refractivity contribution >= 4 is 17.4 Å². The van der Waals surface area contributed by atoms with Crippen molar-refractivity contribution in [2.45, 2.75) is 38.0 Å². The maximum atomic E-state index is 12.9. The Labute approximate surface area is 179 Å². The van der Waals surface area contributed by atoms with Gasteiger partial charge in [0.2, 0.25) is 5.91 Å². The second-order valence-electron chi connectivity index (χ2n) is 8.04. The van der Waals surface area contributed by atoms with Crippen LogP contribution in [0.1, 0.15) is 37.1 Å². The Morgan fingerprint density at radius 2 is 2.03 bits per heavy atom. The molecule has 3 aromatic rings. The van der Waals surface area contributed by atoms with E-state index < -0.39 is 0 Å². The van der Waals surface area contributed by atoms with E-state index in [1.165, 1.54) is 6.33 Å². The van der Waals surface area contributed by atoms with E-state index in [4.69, 9.17) is 10.00 Å². The van der Waals surface area contributed by atoms with Crippen LogP contribution in [-0.2, 0) is 9.53 Å². The van der Waals surface area contributed by atoms with Crippen molar-refractivity contribution in [2.24, 2.45) is 0 Å². The summed E-state index contributed by atoms with van der Waals surface area (Å²) in [6.07, 6.45) is 4.89. The first-order valence-corrected chi connectivity index (χ1v) is 10.5. The maximum Gasteiger partial charge on any atom is 0.248 e. The molecule has 5 heterocycles. The van der Waals surface area contributed by atoms with Crippen molar-refractivity contribution in [1.82, 2.24) is 24.5 Å². The standard InChI is InChI=1S/C22H23N7O2/c1-15(19-3-2-4-21-25-14-26-29(19)21)31-13-22(30)27-11-17-6-7-18(12-27)28(17)20-8-5-16(9-23)10-24-20/h2-5,8,10,14-15,17-18H,6-7,11-13H2,1H3. The zero-order chi connectivity index (χ0) is 21.4. The minimum Gasteiger partial charge on any atom is -0.362 e. The summed E-state index contributed by atoms with van der Waals surface area (Å²) >= 11 is 0. The topological polar surface area (TPSA) is 99.7 Å². The normalized spacial score (nSPS) is 21.3. The van der Waals surface area contributed by atoms with E-state index in [-0.39, 0.29) is 30.7 Å². The highest BCUT2D eigenvalue weighted by atomic mass is 16.5. The number of carbonyl (C=O) groups is 1. The first kappa shape index (κ1) is 19.5. The van der Waals surface area contributed by atoms with E-state index in [9.17, 15) is 4.79 Å². The SMILES string of the molecule is CC(OCC(=O)N1CC2CCC(C1)N2c1ccc(C#N)cn1)c1cccc2ncnn12. The number of amides is 1. The molecule has 0 aliphatic carbocycles. The summed E-state index contributed by atoms with van der Waals surface area (Å²) in [4.78, 5) is 25.8. The lowest BCUT2D eigenvalue weighted by Crippen LogP contribution is -2.56. The summed E-state index contributed by atoms with van der Waals surface area (Å²) in [6.45, 7) is 3.27. The average Bonchev–Trinajstić information content (AvgIpc) is 3.38. The van der Waals surface area contributed by atoms with Crippen molar-refractivity contribution in [1.29, 1.82) is 5.26 Å². The van der Waals surface area contributed by atoms with Crippen molar-refractivity contribution < 1.29 is 9.53 Å². The number of rotatable bonds is 5. The van der Waals surface area contributed by atoms with Crippen molar-refractivity contribution in [3.05, 3.63) is 54.1 Å². The van der Waals surface area contributed by atoms with E-state index in [0.717, 1.165) is 30.0 Å². The monoisotopic (exact) mass is 417 g/mol. The number of likely N-dealkylation sites (tertiary alicyclic amines) is 1. The highest BCUT2D eigenvalue weighted by molar-refractivity contribution is 5.78. The van der Waals surface area contributed by atoms with Crippen LogP contribution in [0.5, 0.6) is 0 Å². The van der Waals surface area contributed by atoms with Gasteiger partial charge in [0.1, 0.15) is 24.8 Å². The molecule has 2 aliphatic heterocycles. The third-order valence-electron chi connectivity index (χ3n) is 6.18. The van der Waals surface area contributed by atoms with E-state index in [1.54, 1.807) is 16.8 Å². The number of hydrogen-bond donors (Lipinski definition) is 0. The molecule has 9 heteroatoms. The summed E-state index contributed by atoms with van der Waals surface area (Å²) in [6, 6.07) is 12.0. The minimum absolute atomic E-state index is 0.00181. The smallest absolute Gasteiger partial charge is 0.248 e. The van der Waals surface area contributed by atoms with Gasteiger partial charge in [-0.05, 0) is 44.0 Å². The molecule has 2 aliphatic rings. The molecule has 0 N–H and O–H groups in total. The minimum atomic E-state index is -0.282. The molecular weight excluding hydrogens is 394 g/mol. The Bertz CT molecular complexity index is 1120. The van der Waals surface area contributed by atoms with Crippen LogP contribution >= 0.6 is 0 Å². The van der Waals surface area contributed by atoms with Gasteiger partial charge in [0, 0.05) is 31.4 Å². The largest absolute Gasteiger partial charge is 0.362 e. The molecule has 0 spiro atoms. The molecule has 9 nitrogen and oxygen atoms in total. The quantitative estimate of drug-likeness (QED) is 0.626. The molecule has 0 saturated carbocycles. The molecule has 0 aromatic carbocycles. The summed E-state index contributed by atoms with van der Waals surface area (Å²) in [5, 5.41) is 13.2. The lowest BCUT2D eigenvalue weighted by atomic mass is 10.1. The number of nitriles is 1. The molecule has 3 aromatic heterocycles. The summed E-state index contributed by atoms with van der Waals surface area (Å²) < 4.78 is 7.65. The number of pyridine rings is 2. The van der Waals surface area contributed by atoms with Crippen molar-refractivity contribution in [3.8, 4) is 6.07 Å². The van der Waals surface area contributed by atoms with Crippen LogP contribution in [0, 0.1) is 11.3 Å². The Balaban J connectivity index is 1.22. The van der Waals surface area contributed by atoms with Gasteiger partial charge in [-0.15, -0.1) is 0 Å². The second-order valence-corrected chi connectivity index (χ2v) is 8.04. The number of aromatic nitrogens is 4. The van der Waals surface area contributed by atoms with Crippen LogP contribution in [0.4, 0.5) is 5.82 Å². The predicted molar refractivity (Wildman–Crippen MR) is 112 cm³/mol. The lowest BCUT2D eigenvalue weighted by Gasteiger charge is -2.41. The fourth-order valence-electron chi connectivity index (χ4n) is 4.63. The first-order valence-electron chi connectivity index (χ1n) is 10.5. The molecule has 158 valence electrons. The highest BCUT2D eigenvalue weighted by Gasteiger charge is 2.42. The fourth-order valence-corrected chi connectivity index (χ4v) is 4.63. The second kappa shape index (κ2) is 7.96. The molecule has 2 saturated heterocycles. The molecule has 1 amide bonds. The zero-order valence-electron chi connectivity index (χ0n) is 17.3. The Morgan fingerprint density at radius 1 is 1.23 bits per heavy atom. The van der Waals surface area contributed by atoms with Gasteiger partial charge in [-0.1, -0.05) is 6.07 Å². The molecule has 31 heavy (non-hydrogen) atoms. The van der Waals surface area contributed by atoms with Crippen LogP contribution < -0.4 is 4.90 Å². The third kappa shape index (κ3) is 3.59. The third-order valence-corrected chi connectivity index (χ3v) is 6.18. The number of fused-ring (bicyclic) bond motifs is 3. The fraction of sp³-hybridized carbons (Fsp3) is 0.409. The van der Waals surface area contributed by atoms with Gasteiger partial charge in [0.05, 0.1) is 17.4 Å². The summed E-state index contributed by atoms with van der Waals surface area (Å²) in [5.74, 6) is 0.881.